The lowest BCUT2D eigenvalue weighted by atomic mass is 9.74. The van der Waals surface area contributed by atoms with Gasteiger partial charge in [0, 0.05) is 0 Å². The molecule has 0 aliphatic rings. The molecule has 2 aromatic rings. The van der Waals surface area contributed by atoms with E-state index in [2.05, 4.69) is 0 Å². The van der Waals surface area contributed by atoms with Crippen LogP contribution < -0.4 is 0 Å². The first-order valence-corrected chi connectivity index (χ1v) is 13.1. The molecule has 0 aliphatic heterocycles. The maximum absolute atomic E-state index is 12.8. The molecule has 2 atom stereocenters. The minimum atomic E-state index is -4.27. The van der Waals surface area contributed by atoms with Crippen LogP contribution in [0.2, 0.25) is 0 Å². The van der Waals surface area contributed by atoms with Crippen molar-refractivity contribution in [3.8, 4) is 11.5 Å². The van der Waals surface area contributed by atoms with Gasteiger partial charge in [0.15, 0.2) is 11.5 Å². The summed E-state index contributed by atoms with van der Waals surface area (Å²) in [6.07, 6.45) is 3.57. The highest BCUT2D eigenvalue weighted by Crippen LogP contribution is 2.42. The van der Waals surface area contributed by atoms with Crippen LogP contribution in [0.4, 0.5) is 0 Å². The number of phenols is 2. The zero-order valence-electron chi connectivity index (χ0n) is 20.3. The van der Waals surface area contributed by atoms with Gasteiger partial charge in [0.1, 0.15) is 0 Å². The molecule has 0 aliphatic carbocycles. The van der Waals surface area contributed by atoms with Gasteiger partial charge in [-0.15, -0.1) is 0 Å². The van der Waals surface area contributed by atoms with Gasteiger partial charge in [-0.1, -0.05) is 38.5 Å². The average Bonchev–Trinajstić information content (AvgIpc) is 2.78. The summed E-state index contributed by atoms with van der Waals surface area (Å²) in [6.45, 7) is 8.12. The van der Waals surface area contributed by atoms with Crippen LogP contribution in [0, 0.1) is 5.41 Å². The minimum Gasteiger partial charge on any atom is -0.504 e. The molecule has 188 valence electrons. The van der Waals surface area contributed by atoms with Crippen LogP contribution in [0.5, 0.6) is 11.5 Å². The second-order valence-corrected chi connectivity index (χ2v) is 10.8. The smallest absolute Gasteiger partial charge is 0.311 e. The van der Waals surface area contributed by atoms with Crippen molar-refractivity contribution in [2.75, 3.05) is 6.61 Å². The van der Waals surface area contributed by atoms with E-state index in [0.717, 1.165) is 30.4 Å². The van der Waals surface area contributed by atoms with E-state index in [-0.39, 0.29) is 34.2 Å². The van der Waals surface area contributed by atoms with Crippen molar-refractivity contribution in [2.24, 2.45) is 5.41 Å². The fraction of sp³-hybridized carbons (Fsp3) is 0.500. The van der Waals surface area contributed by atoms with E-state index < -0.39 is 15.5 Å². The van der Waals surface area contributed by atoms with Crippen molar-refractivity contribution in [3.63, 3.8) is 0 Å². The number of phenolic OH excluding ortho intramolecular Hbond substituents is 2. The third kappa shape index (κ3) is 7.46. The fourth-order valence-corrected chi connectivity index (χ4v) is 4.61. The fourth-order valence-electron chi connectivity index (χ4n) is 4.13. The largest absolute Gasteiger partial charge is 0.504 e. The Morgan fingerprint density at radius 2 is 1.59 bits per heavy atom. The highest BCUT2D eigenvalue weighted by molar-refractivity contribution is 7.85. The van der Waals surface area contributed by atoms with Crippen LogP contribution in [0.15, 0.2) is 47.4 Å². The van der Waals surface area contributed by atoms with Crippen LogP contribution >= 0.6 is 0 Å². The molecular weight excluding hydrogens is 456 g/mol. The molecule has 2 rings (SSSR count). The van der Waals surface area contributed by atoms with Crippen LogP contribution in [0.25, 0.3) is 0 Å². The Bertz CT molecular complexity index is 1060. The molecule has 0 amide bonds. The van der Waals surface area contributed by atoms with E-state index >= 15 is 0 Å². The van der Waals surface area contributed by atoms with Gasteiger partial charge in [-0.25, -0.2) is 0 Å². The van der Waals surface area contributed by atoms with Gasteiger partial charge in [-0.3, -0.25) is 9.35 Å². The van der Waals surface area contributed by atoms with Crippen molar-refractivity contribution >= 4 is 16.1 Å². The van der Waals surface area contributed by atoms with Crippen LogP contribution in [-0.4, -0.2) is 35.8 Å². The number of benzene rings is 2. The Morgan fingerprint density at radius 3 is 2.12 bits per heavy atom. The molecule has 0 fully saturated rings. The predicted octanol–water partition coefficient (Wildman–Crippen LogP) is 5.77. The Hall–Kier alpha value is -2.58. The highest BCUT2D eigenvalue weighted by Gasteiger charge is 2.34. The van der Waals surface area contributed by atoms with E-state index in [0.29, 0.717) is 19.4 Å². The quantitative estimate of drug-likeness (QED) is 0.149. The van der Waals surface area contributed by atoms with Crippen LogP contribution in [-0.2, 0) is 19.6 Å². The van der Waals surface area contributed by atoms with Crippen molar-refractivity contribution in [2.45, 2.75) is 76.5 Å². The number of unbranched alkanes of at least 4 members (excludes halogenated alkanes) is 1. The molecule has 0 heterocycles. The molecule has 7 nitrogen and oxygen atoms in total. The normalized spacial score (nSPS) is 13.9. The first-order valence-electron chi connectivity index (χ1n) is 11.7. The number of carbonyl (C=O) groups excluding carboxylic acids is 1. The monoisotopic (exact) mass is 492 g/mol. The number of ether oxygens (including phenoxy) is 1. The summed E-state index contributed by atoms with van der Waals surface area (Å²) in [6, 6.07) is 10.8. The molecule has 2 unspecified atom stereocenters. The molecule has 34 heavy (non-hydrogen) atoms. The third-order valence-electron chi connectivity index (χ3n) is 6.22. The summed E-state index contributed by atoms with van der Waals surface area (Å²) in [5.74, 6) is -0.834. The molecule has 0 bridgehead atoms. The molecule has 0 aromatic heterocycles. The summed E-state index contributed by atoms with van der Waals surface area (Å²) in [5, 5.41) is 19.9. The lowest BCUT2D eigenvalue weighted by Gasteiger charge is -2.31. The zero-order valence-corrected chi connectivity index (χ0v) is 21.1. The maximum atomic E-state index is 12.8. The Morgan fingerprint density at radius 1 is 0.971 bits per heavy atom. The second kappa shape index (κ2) is 11.7. The number of aromatic hydroxyl groups is 2. The molecule has 2 aromatic carbocycles. The summed E-state index contributed by atoms with van der Waals surface area (Å²) in [5.41, 5.74) is 0.919. The lowest BCUT2D eigenvalue weighted by molar-refractivity contribution is -0.154. The summed E-state index contributed by atoms with van der Waals surface area (Å²) in [4.78, 5) is 12.6. The van der Waals surface area contributed by atoms with Crippen molar-refractivity contribution in [1.82, 2.24) is 0 Å². The predicted molar refractivity (Wildman–Crippen MR) is 131 cm³/mol. The summed E-state index contributed by atoms with van der Waals surface area (Å²) in [7, 11) is -4.27. The van der Waals surface area contributed by atoms with Gasteiger partial charge < -0.3 is 14.9 Å². The number of carbonyl (C=O) groups is 1. The van der Waals surface area contributed by atoms with Gasteiger partial charge >= 0.3 is 5.97 Å². The molecule has 0 radical (unpaired) electrons. The van der Waals surface area contributed by atoms with E-state index in [4.69, 9.17) is 4.74 Å². The molecular formula is C26H36O7S. The second-order valence-electron chi connectivity index (χ2n) is 9.41. The average molecular weight is 493 g/mol. The van der Waals surface area contributed by atoms with E-state index in [1.54, 1.807) is 18.2 Å². The number of esters is 1. The molecule has 8 heteroatoms. The molecule has 0 saturated heterocycles. The van der Waals surface area contributed by atoms with Gasteiger partial charge in [-0.2, -0.15) is 8.42 Å². The maximum Gasteiger partial charge on any atom is 0.311 e. The number of rotatable bonds is 12. The lowest BCUT2D eigenvalue weighted by Crippen LogP contribution is -2.29. The Kier molecular flexibility index (Phi) is 9.53. The van der Waals surface area contributed by atoms with Gasteiger partial charge in [0.05, 0.1) is 16.9 Å². The van der Waals surface area contributed by atoms with Gasteiger partial charge in [0.2, 0.25) is 0 Å². The first kappa shape index (κ1) is 27.7. The SMILES string of the molecule is CCCCOC(=O)C(C)(C)CC(CC(CC)c1ccc(S(=O)(=O)O)cc1)c1ccc(O)c(O)c1. The zero-order chi connectivity index (χ0) is 25.5. The Labute approximate surface area is 202 Å². The van der Waals surface area contributed by atoms with Gasteiger partial charge in [0.25, 0.3) is 10.1 Å². The molecule has 0 spiro atoms. The first-order chi connectivity index (χ1) is 15.9. The number of hydrogen-bond donors (Lipinski definition) is 3. The third-order valence-corrected chi connectivity index (χ3v) is 7.09. The standard InChI is InChI=1S/C26H36O7S/c1-5-7-14-33-25(29)26(3,4)17-21(20-10-13-23(27)24(28)16-20)15-18(6-2)19-8-11-22(12-9-19)34(30,31)32/h8-13,16,18,21,27-28H,5-7,14-15,17H2,1-4H3,(H,30,31,32). The van der Waals surface area contributed by atoms with Crippen LogP contribution in [0.3, 0.4) is 0 Å². The number of hydrogen-bond acceptors (Lipinski definition) is 6. The molecule has 3 N–H and O–H groups in total. The highest BCUT2D eigenvalue weighted by atomic mass is 32.2. The van der Waals surface area contributed by atoms with Crippen molar-refractivity contribution in [1.29, 1.82) is 0 Å². The van der Waals surface area contributed by atoms with E-state index in [1.165, 1.54) is 24.3 Å². The molecule has 0 saturated carbocycles. The van der Waals surface area contributed by atoms with E-state index in [1.807, 2.05) is 27.7 Å². The van der Waals surface area contributed by atoms with Crippen molar-refractivity contribution < 1.29 is 32.7 Å². The van der Waals surface area contributed by atoms with Crippen LogP contribution in [0.1, 0.15) is 82.8 Å². The minimum absolute atomic E-state index is 0.0308. The van der Waals surface area contributed by atoms with Crippen molar-refractivity contribution in [3.05, 3.63) is 53.6 Å². The Balaban J connectivity index is 2.34. The van der Waals surface area contributed by atoms with Gasteiger partial charge in [-0.05, 0) is 86.8 Å². The topological polar surface area (TPSA) is 121 Å². The summed E-state index contributed by atoms with van der Waals surface area (Å²) < 4.78 is 37.5. The summed E-state index contributed by atoms with van der Waals surface area (Å²) >= 11 is 0. The van der Waals surface area contributed by atoms with E-state index in [9.17, 15) is 28.0 Å².